The molecule has 0 heterocycles. The summed E-state index contributed by atoms with van der Waals surface area (Å²) in [5.74, 6) is -1.17. The fraction of sp³-hybridized carbons (Fsp3) is 0.688. The van der Waals surface area contributed by atoms with Crippen LogP contribution in [0.2, 0.25) is 0 Å². The number of esters is 2. The second-order valence-corrected chi connectivity index (χ2v) is 6.41. The highest BCUT2D eigenvalue weighted by Gasteiger charge is 2.26. The SMILES string of the molecule is COC(=O)/C=C/C(=O)OC1CCC(NC(=O)OC(C)(C)C)CC1. The number of hydrogen-bond donors (Lipinski definition) is 1. The summed E-state index contributed by atoms with van der Waals surface area (Å²) in [4.78, 5) is 34.1. The molecule has 1 rings (SSSR count). The van der Waals surface area contributed by atoms with Crippen LogP contribution < -0.4 is 5.32 Å². The Morgan fingerprint density at radius 3 is 2.09 bits per heavy atom. The Morgan fingerprint density at radius 2 is 1.57 bits per heavy atom. The van der Waals surface area contributed by atoms with Gasteiger partial charge in [-0.2, -0.15) is 0 Å². The molecule has 0 atom stereocenters. The van der Waals surface area contributed by atoms with Crippen molar-refractivity contribution in [2.24, 2.45) is 0 Å². The van der Waals surface area contributed by atoms with E-state index in [2.05, 4.69) is 10.1 Å². The van der Waals surface area contributed by atoms with Gasteiger partial charge in [-0.05, 0) is 46.5 Å². The molecule has 23 heavy (non-hydrogen) atoms. The summed E-state index contributed by atoms with van der Waals surface area (Å²) in [6.45, 7) is 5.43. The molecule has 0 aromatic carbocycles. The first-order chi connectivity index (χ1) is 10.7. The van der Waals surface area contributed by atoms with E-state index in [4.69, 9.17) is 9.47 Å². The van der Waals surface area contributed by atoms with Crippen molar-refractivity contribution >= 4 is 18.0 Å². The number of alkyl carbamates (subject to hydrolysis) is 1. The summed E-state index contributed by atoms with van der Waals surface area (Å²) < 4.78 is 14.8. The van der Waals surface area contributed by atoms with Gasteiger partial charge in [-0.3, -0.25) is 0 Å². The molecular formula is C16H25NO6. The van der Waals surface area contributed by atoms with Crippen LogP contribution in [0, 0.1) is 0 Å². The first-order valence-electron chi connectivity index (χ1n) is 7.66. The Bertz CT molecular complexity index is 458. The van der Waals surface area contributed by atoms with Crippen molar-refractivity contribution in [3.63, 3.8) is 0 Å². The van der Waals surface area contributed by atoms with E-state index in [1.807, 2.05) is 20.8 Å². The Hall–Kier alpha value is -2.05. The van der Waals surface area contributed by atoms with Crippen LogP contribution in [0.3, 0.4) is 0 Å². The number of nitrogens with one attached hydrogen (secondary N) is 1. The molecule has 0 spiro atoms. The molecule has 7 nitrogen and oxygen atoms in total. The molecule has 7 heteroatoms. The predicted octanol–water partition coefficient (Wildman–Crippen LogP) is 2.09. The molecule has 130 valence electrons. The lowest BCUT2D eigenvalue weighted by Gasteiger charge is -2.29. The van der Waals surface area contributed by atoms with Gasteiger partial charge in [0.2, 0.25) is 0 Å². The van der Waals surface area contributed by atoms with Gasteiger partial charge in [0.25, 0.3) is 0 Å². The first-order valence-corrected chi connectivity index (χ1v) is 7.66. The van der Waals surface area contributed by atoms with Gasteiger partial charge in [0.1, 0.15) is 11.7 Å². The average Bonchev–Trinajstić information content (AvgIpc) is 2.44. The molecule has 0 unspecified atom stereocenters. The first kappa shape index (κ1) is 19.0. The topological polar surface area (TPSA) is 90.9 Å². The monoisotopic (exact) mass is 327 g/mol. The Balaban J connectivity index is 2.30. The molecule has 0 radical (unpaired) electrons. The van der Waals surface area contributed by atoms with Crippen LogP contribution in [-0.4, -0.2) is 42.9 Å². The molecule has 1 aliphatic carbocycles. The van der Waals surface area contributed by atoms with Gasteiger partial charge in [0, 0.05) is 18.2 Å². The van der Waals surface area contributed by atoms with Gasteiger partial charge in [-0.1, -0.05) is 0 Å². The van der Waals surface area contributed by atoms with E-state index in [0.717, 1.165) is 12.2 Å². The third kappa shape index (κ3) is 8.23. The molecule has 0 aromatic rings. The quantitative estimate of drug-likeness (QED) is 0.483. The van der Waals surface area contributed by atoms with Gasteiger partial charge in [0.05, 0.1) is 7.11 Å². The number of ether oxygens (including phenoxy) is 3. The molecule has 0 aliphatic heterocycles. The van der Waals surface area contributed by atoms with E-state index < -0.39 is 23.6 Å². The van der Waals surface area contributed by atoms with Crippen LogP contribution in [0.4, 0.5) is 4.79 Å². The average molecular weight is 327 g/mol. The highest BCUT2D eigenvalue weighted by molar-refractivity contribution is 5.91. The normalized spacial score (nSPS) is 21.6. The van der Waals surface area contributed by atoms with Crippen molar-refractivity contribution in [3.8, 4) is 0 Å². The molecule has 0 bridgehead atoms. The molecule has 1 aliphatic rings. The summed E-state index contributed by atoms with van der Waals surface area (Å²) in [6.07, 6.45) is 4.15. The van der Waals surface area contributed by atoms with E-state index in [9.17, 15) is 14.4 Å². The van der Waals surface area contributed by atoms with Crippen molar-refractivity contribution < 1.29 is 28.6 Å². The minimum absolute atomic E-state index is 0.0189. The fourth-order valence-corrected chi connectivity index (χ4v) is 2.21. The third-order valence-electron chi connectivity index (χ3n) is 3.23. The highest BCUT2D eigenvalue weighted by Crippen LogP contribution is 2.22. The number of amides is 1. The maximum Gasteiger partial charge on any atom is 0.407 e. The molecule has 0 saturated heterocycles. The van der Waals surface area contributed by atoms with Crippen molar-refractivity contribution in [2.45, 2.75) is 64.2 Å². The van der Waals surface area contributed by atoms with Crippen molar-refractivity contribution in [1.29, 1.82) is 0 Å². The Morgan fingerprint density at radius 1 is 1.00 bits per heavy atom. The van der Waals surface area contributed by atoms with Crippen LogP contribution in [0.1, 0.15) is 46.5 Å². The number of carbonyl (C=O) groups is 3. The van der Waals surface area contributed by atoms with E-state index in [0.29, 0.717) is 25.7 Å². The lowest BCUT2D eigenvalue weighted by atomic mass is 9.93. The van der Waals surface area contributed by atoms with Gasteiger partial charge in [0.15, 0.2) is 0 Å². The summed E-state index contributed by atoms with van der Waals surface area (Å²) in [7, 11) is 1.23. The number of methoxy groups -OCH3 is 1. The van der Waals surface area contributed by atoms with Crippen LogP contribution >= 0.6 is 0 Å². The summed E-state index contributed by atoms with van der Waals surface area (Å²) in [6, 6.07) is 0.0189. The molecule has 1 amide bonds. The lowest BCUT2D eigenvalue weighted by molar-refractivity contribution is -0.145. The minimum atomic E-state index is -0.604. The van der Waals surface area contributed by atoms with Crippen molar-refractivity contribution in [3.05, 3.63) is 12.2 Å². The highest BCUT2D eigenvalue weighted by atomic mass is 16.6. The zero-order valence-electron chi connectivity index (χ0n) is 14.1. The Labute approximate surface area is 136 Å². The number of rotatable bonds is 4. The standard InChI is InChI=1S/C16H25NO6/c1-16(2,3)23-15(20)17-11-5-7-12(8-6-11)22-14(19)10-9-13(18)21-4/h9-12H,5-8H2,1-4H3,(H,17,20)/b10-9+. The summed E-state index contributed by atoms with van der Waals surface area (Å²) in [5.41, 5.74) is -0.525. The van der Waals surface area contributed by atoms with E-state index >= 15 is 0 Å². The molecular weight excluding hydrogens is 302 g/mol. The van der Waals surface area contributed by atoms with Crippen molar-refractivity contribution in [2.75, 3.05) is 7.11 Å². The second-order valence-electron chi connectivity index (χ2n) is 6.41. The Kier molecular flexibility index (Phi) is 7.06. The number of hydrogen-bond acceptors (Lipinski definition) is 6. The van der Waals surface area contributed by atoms with Crippen LogP contribution in [0.15, 0.2) is 12.2 Å². The largest absolute Gasteiger partial charge is 0.466 e. The molecule has 0 aromatic heterocycles. The third-order valence-corrected chi connectivity index (χ3v) is 3.23. The smallest absolute Gasteiger partial charge is 0.407 e. The van der Waals surface area contributed by atoms with E-state index in [1.54, 1.807) is 0 Å². The van der Waals surface area contributed by atoms with Gasteiger partial charge in [-0.25, -0.2) is 14.4 Å². The minimum Gasteiger partial charge on any atom is -0.466 e. The fourth-order valence-electron chi connectivity index (χ4n) is 2.21. The molecule has 1 N–H and O–H groups in total. The molecule has 1 saturated carbocycles. The van der Waals surface area contributed by atoms with E-state index in [1.165, 1.54) is 7.11 Å². The van der Waals surface area contributed by atoms with Crippen LogP contribution in [0.5, 0.6) is 0 Å². The summed E-state index contributed by atoms with van der Waals surface area (Å²) >= 11 is 0. The second kappa shape index (κ2) is 8.55. The van der Waals surface area contributed by atoms with Gasteiger partial charge >= 0.3 is 18.0 Å². The van der Waals surface area contributed by atoms with Gasteiger partial charge in [-0.15, -0.1) is 0 Å². The maximum atomic E-state index is 11.7. The zero-order valence-corrected chi connectivity index (χ0v) is 14.1. The zero-order chi connectivity index (χ0) is 17.5. The molecule has 1 fully saturated rings. The summed E-state index contributed by atoms with van der Waals surface area (Å²) in [5, 5.41) is 2.82. The van der Waals surface area contributed by atoms with Crippen LogP contribution in [-0.2, 0) is 23.8 Å². The number of carbonyl (C=O) groups excluding carboxylic acids is 3. The lowest BCUT2D eigenvalue weighted by Crippen LogP contribution is -2.42. The van der Waals surface area contributed by atoms with Crippen molar-refractivity contribution in [1.82, 2.24) is 5.32 Å². The van der Waals surface area contributed by atoms with Crippen LogP contribution in [0.25, 0.3) is 0 Å². The predicted molar refractivity (Wildman–Crippen MR) is 82.7 cm³/mol. The van der Waals surface area contributed by atoms with E-state index in [-0.39, 0.29) is 12.1 Å². The maximum absolute atomic E-state index is 11.7. The van der Waals surface area contributed by atoms with Gasteiger partial charge < -0.3 is 19.5 Å².